The minimum atomic E-state index is 0.540. The van der Waals surface area contributed by atoms with E-state index in [-0.39, 0.29) is 0 Å². The molecule has 6 heteroatoms. The molecule has 1 aliphatic heterocycles. The normalized spacial score (nSPS) is 15.1. The Morgan fingerprint density at radius 3 is 2.35 bits per heavy atom. The summed E-state index contributed by atoms with van der Waals surface area (Å²) >= 11 is 0. The molecule has 0 unspecified atom stereocenters. The molecule has 0 spiro atoms. The minimum Gasteiger partial charge on any atom is -0.396 e. The summed E-state index contributed by atoms with van der Waals surface area (Å²) in [6, 6.07) is 8.21. The molecule has 0 radical (unpaired) electrons. The zero-order chi connectivity index (χ0) is 13.8. The van der Waals surface area contributed by atoms with Crippen LogP contribution >= 0.6 is 0 Å². The summed E-state index contributed by atoms with van der Waals surface area (Å²) in [7, 11) is 0. The monoisotopic (exact) mass is 271 g/mol. The van der Waals surface area contributed by atoms with Gasteiger partial charge in [0.15, 0.2) is 0 Å². The third-order valence-corrected chi connectivity index (χ3v) is 3.17. The second kappa shape index (κ2) is 5.75. The number of nitrogen functional groups attached to an aromatic ring is 1. The van der Waals surface area contributed by atoms with E-state index >= 15 is 0 Å². The molecule has 1 aliphatic rings. The van der Waals surface area contributed by atoms with Gasteiger partial charge in [-0.1, -0.05) is 0 Å². The van der Waals surface area contributed by atoms with E-state index in [0.717, 1.165) is 32.0 Å². The van der Waals surface area contributed by atoms with Gasteiger partial charge in [-0.05, 0) is 24.3 Å². The van der Waals surface area contributed by atoms with Gasteiger partial charge in [0, 0.05) is 24.5 Å². The maximum Gasteiger partial charge on any atom is 0.227 e. The Morgan fingerprint density at radius 1 is 1.05 bits per heavy atom. The Kier molecular flexibility index (Phi) is 3.64. The molecule has 2 aromatic rings. The lowest BCUT2D eigenvalue weighted by atomic mass is 10.2. The molecule has 20 heavy (non-hydrogen) atoms. The number of hydrogen-bond donors (Lipinski definition) is 2. The van der Waals surface area contributed by atoms with Gasteiger partial charge in [0.2, 0.25) is 5.95 Å². The quantitative estimate of drug-likeness (QED) is 0.883. The van der Waals surface area contributed by atoms with Gasteiger partial charge in [-0.3, -0.25) is 0 Å². The van der Waals surface area contributed by atoms with E-state index in [0.29, 0.717) is 11.6 Å². The number of benzene rings is 1. The van der Waals surface area contributed by atoms with Crippen LogP contribution in [-0.4, -0.2) is 36.3 Å². The van der Waals surface area contributed by atoms with Crippen molar-refractivity contribution in [2.45, 2.75) is 0 Å². The maximum atomic E-state index is 5.55. The number of ether oxygens (including phenoxy) is 1. The van der Waals surface area contributed by atoms with E-state index in [1.54, 1.807) is 12.4 Å². The molecular weight excluding hydrogens is 254 g/mol. The van der Waals surface area contributed by atoms with Crippen molar-refractivity contribution in [1.82, 2.24) is 9.97 Å². The first-order valence-electron chi connectivity index (χ1n) is 6.58. The van der Waals surface area contributed by atoms with Crippen LogP contribution in [0.1, 0.15) is 0 Å². The van der Waals surface area contributed by atoms with Gasteiger partial charge in [-0.15, -0.1) is 0 Å². The molecule has 0 aliphatic carbocycles. The molecule has 3 N–H and O–H groups in total. The summed E-state index contributed by atoms with van der Waals surface area (Å²) in [5.41, 5.74) is 8.26. The molecule has 104 valence electrons. The third kappa shape index (κ3) is 2.97. The minimum absolute atomic E-state index is 0.540. The van der Waals surface area contributed by atoms with Gasteiger partial charge in [0.25, 0.3) is 0 Å². The lowest BCUT2D eigenvalue weighted by Crippen LogP contribution is -2.36. The van der Waals surface area contributed by atoms with Crippen molar-refractivity contribution in [3.05, 3.63) is 36.7 Å². The SMILES string of the molecule is Nc1cnc(Nc2ccc(N3CCOCC3)cc2)nc1. The molecule has 0 bridgehead atoms. The Bertz CT molecular complexity index is 549. The number of rotatable bonds is 3. The standard InChI is InChI=1S/C14H17N5O/c15-11-9-16-14(17-10-11)18-12-1-3-13(4-2-12)19-5-7-20-8-6-19/h1-4,9-10H,5-8,15H2,(H,16,17,18). The molecule has 6 nitrogen and oxygen atoms in total. The molecular formula is C14H17N5O. The van der Waals surface area contributed by atoms with Crippen molar-refractivity contribution in [2.75, 3.05) is 42.3 Å². The zero-order valence-corrected chi connectivity index (χ0v) is 11.1. The summed E-state index contributed by atoms with van der Waals surface area (Å²) in [6.07, 6.45) is 3.16. The topological polar surface area (TPSA) is 76.3 Å². The van der Waals surface area contributed by atoms with E-state index in [1.807, 2.05) is 12.1 Å². The summed E-state index contributed by atoms with van der Waals surface area (Å²) in [5, 5.41) is 3.14. The number of hydrogen-bond acceptors (Lipinski definition) is 6. The van der Waals surface area contributed by atoms with Gasteiger partial charge in [-0.25, -0.2) is 9.97 Å². The first kappa shape index (κ1) is 12.7. The largest absolute Gasteiger partial charge is 0.396 e. The molecule has 1 aromatic carbocycles. The van der Waals surface area contributed by atoms with E-state index < -0.39 is 0 Å². The highest BCUT2D eigenvalue weighted by molar-refractivity contribution is 5.59. The van der Waals surface area contributed by atoms with Crippen molar-refractivity contribution in [3.8, 4) is 0 Å². The van der Waals surface area contributed by atoms with Crippen molar-refractivity contribution in [3.63, 3.8) is 0 Å². The number of aromatic nitrogens is 2. The lowest BCUT2D eigenvalue weighted by molar-refractivity contribution is 0.122. The van der Waals surface area contributed by atoms with Crippen molar-refractivity contribution in [1.29, 1.82) is 0 Å². The Hall–Kier alpha value is -2.34. The fraction of sp³-hybridized carbons (Fsp3) is 0.286. The van der Waals surface area contributed by atoms with Gasteiger partial charge in [0.05, 0.1) is 31.3 Å². The molecule has 1 aromatic heterocycles. The second-order valence-electron chi connectivity index (χ2n) is 4.61. The molecule has 3 rings (SSSR count). The number of nitrogens with two attached hydrogens (primary N) is 1. The Morgan fingerprint density at radius 2 is 1.70 bits per heavy atom. The lowest BCUT2D eigenvalue weighted by Gasteiger charge is -2.28. The van der Waals surface area contributed by atoms with Crippen LogP contribution in [0.2, 0.25) is 0 Å². The highest BCUT2D eigenvalue weighted by Crippen LogP contribution is 2.20. The number of nitrogens with zero attached hydrogens (tertiary/aromatic N) is 3. The number of morpholine rings is 1. The van der Waals surface area contributed by atoms with E-state index in [9.17, 15) is 0 Å². The van der Waals surface area contributed by atoms with Gasteiger partial charge in [0.1, 0.15) is 0 Å². The fourth-order valence-electron chi connectivity index (χ4n) is 2.11. The van der Waals surface area contributed by atoms with Gasteiger partial charge < -0.3 is 20.7 Å². The van der Waals surface area contributed by atoms with Crippen LogP contribution in [0.15, 0.2) is 36.7 Å². The first-order valence-corrected chi connectivity index (χ1v) is 6.58. The van der Waals surface area contributed by atoms with Gasteiger partial charge in [-0.2, -0.15) is 0 Å². The molecule has 0 amide bonds. The smallest absolute Gasteiger partial charge is 0.227 e. The van der Waals surface area contributed by atoms with E-state index in [1.165, 1.54) is 5.69 Å². The number of nitrogens with one attached hydrogen (secondary N) is 1. The van der Waals surface area contributed by atoms with E-state index in [4.69, 9.17) is 10.5 Å². The van der Waals surface area contributed by atoms with Crippen molar-refractivity contribution in [2.24, 2.45) is 0 Å². The van der Waals surface area contributed by atoms with Crippen LogP contribution in [0.4, 0.5) is 23.0 Å². The average Bonchev–Trinajstić information content (AvgIpc) is 2.51. The van der Waals surface area contributed by atoms with Crippen molar-refractivity contribution < 1.29 is 4.74 Å². The number of anilines is 4. The summed E-state index contributed by atoms with van der Waals surface area (Å²) < 4.78 is 5.35. The van der Waals surface area contributed by atoms with E-state index in [2.05, 4.69) is 32.3 Å². The van der Waals surface area contributed by atoms with Crippen LogP contribution < -0.4 is 16.0 Å². The molecule has 1 saturated heterocycles. The van der Waals surface area contributed by atoms with Crippen LogP contribution in [-0.2, 0) is 4.74 Å². The second-order valence-corrected chi connectivity index (χ2v) is 4.61. The van der Waals surface area contributed by atoms with Crippen molar-refractivity contribution >= 4 is 23.0 Å². The highest BCUT2D eigenvalue weighted by Gasteiger charge is 2.10. The maximum absolute atomic E-state index is 5.55. The molecule has 1 fully saturated rings. The highest BCUT2D eigenvalue weighted by atomic mass is 16.5. The van der Waals surface area contributed by atoms with Crippen LogP contribution in [0.3, 0.4) is 0 Å². The molecule has 2 heterocycles. The average molecular weight is 271 g/mol. The first-order chi connectivity index (χ1) is 9.81. The Labute approximate surface area is 117 Å². The van der Waals surface area contributed by atoms with Gasteiger partial charge >= 0.3 is 0 Å². The fourth-order valence-corrected chi connectivity index (χ4v) is 2.11. The van der Waals surface area contributed by atoms with Crippen LogP contribution in [0.25, 0.3) is 0 Å². The molecule has 0 atom stereocenters. The summed E-state index contributed by atoms with van der Waals surface area (Å²) in [4.78, 5) is 10.5. The summed E-state index contributed by atoms with van der Waals surface area (Å²) in [6.45, 7) is 3.46. The third-order valence-electron chi connectivity index (χ3n) is 3.17. The summed E-state index contributed by atoms with van der Waals surface area (Å²) in [5.74, 6) is 0.540. The Balaban J connectivity index is 1.67. The predicted octanol–water partition coefficient (Wildman–Crippen LogP) is 1.64. The van der Waals surface area contributed by atoms with Crippen LogP contribution in [0.5, 0.6) is 0 Å². The predicted molar refractivity (Wildman–Crippen MR) is 79.2 cm³/mol. The van der Waals surface area contributed by atoms with Crippen LogP contribution in [0, 0.1) is 0 Å². The molecule has 0 saturated carbocycles. The zero-order valence-electron chi connectivity index (χ0n) is 11.1.